The third kappa shape index (κ3) is 1.94. The summed E-state index contributed by atoms with van der Waals surface area (Å²) in [5.74, 6) is 1.02. The Balaban J connectivity index is 1.78. The van der Waals surface area contributed by atoms with Gasteiger partial charge < -0.3 is 4.74 Å². The van der Waals surface area contributed by atoms with Crippen molar-refractivity contribution in [1.29, 1.82) is 0 Å². The molecular formula is C9H17NO. The lowest BCUT2D eigenvalue weighted by atomic mass is 10.2. The van der Waals surface area contributed by atoms with E-state index in [1.54, 1.807) is 0 Å². The molecule has 11 heavy (non-hydrogen) atoms. The molecule has 1 aliphatic carbocycles. The van der Waals surface area contributed by atoms with Crippen molar-refractivity contribution in [3.05, 3.63) is 0 Å². The average Bonchev–Trinajstić information content (AvgIpc) is 2.78. The molecule has 1 heterocycles. The van der Waals surface area contributed by atoms with E-state index in [0.717, 1.165) is 25.7 Å². The number of nitrogens with zero attached hydrogens (tertiary/aromatic N) is 1. The number of hydrogen-bond donors (Lipinski definition) is 0. The summed E-state index contributed by atoms with van der Waals surface area (Å²) in [6, 6.07) is 0.657. The molecule has 2 nitrogen and oxygen atoms in total. The summed E-state index contributed by atoms with van der Waals surface area (Å²) in [5, 5.41) is 0. The Morgan fingerprint density at radius 1 is 1.45 bits per heavy atom. The third-order valence-corrected chi connectivity index (χ3v) is 2.69. The minimum atomic E-state index is 0.657. The van der Waals surface area contributed by atoms with Crippen LogP contribution in [0.4, 0.5) is 0 Å². The van der Waals surface area contributed by atoms with Crippen LogP contribution in [0.25, 0.3) is 0 Å². The lowest BCUT2D eigenvalue weighted by molar-refractivity contribution is -0.00230. The summed E-state index contributed by atoms with van der Waals surface area (Å²) >= 11 is 0. The lowest BCUT2D eigenvalue weighted by Gasteiger charge is -2.33. The van der Waals surface area contributed by atoms with Crippen molar-refractivity contribution in [2.24, 2.45) is 5.92 Å². The van der Waals surface area contributed by atoms with Crippen molar-refractivity contribution in [2.45, 2.75) is 25.8 Å². The largest absolute Gasteiger partial charge is 0.379 e. The predicted molar refractivity (Wildman–Crippen MR) is 44.6 cm³/mol. The van der Waals surface area contributed by atoms with Crippen LogP contribution in [0.2, 0.25) is 0 Å². The minimum absolute atomic E-state index is 0.657. The molecule has 64 valence electrons. The molecule has 2 fully saturated rings. The summed E-state index contributed by atoms with van der Waals surface area (Å²) in [4.78, 5) is 2.57. The van der Waals surface area contributed by atoms with Crippen LogP contribution >= 0.6 is 0 Å². The van der Waals surface area contributed by atoms with Gasteiger partial charge in [0, 0.05) is 19.1 Å². The van der Waals surface area contributed by atoms with Crippen molar-refractivity contribution in [2.75, 3.05) is 26.3 Å². The second-order valence-corrected chi connectivity index (χ2v) is 3.86. The smallest absolute Gasteiger partial charge is 0.0619 e. The number of morpholine rings is 1. The van der Waals surface area contributed by atoms with Crippen LogP contribution in [0.3, 0.4) is 0 Å². The Morgan fingerprint density at radius 2 is 2.27 bits per heavy atom. The molecule has 0 bridgehead atoms. The topological polar surface area (TPSA) is 12.5 Å². The first-order valence-corrected chi connectivity index (χ1v) is 4.68. The van der Waals surface area contributed by atoms with Crippen LogP contribution in [0.15, 0.2) is 0 Å². The summed E-state index contributed by atoms with van der Waals surface area (Å²) in [6.45, 7) is 6.62. The van der Waals surface area contributed by atoms with Crippen LogP contribution < -0.4 is 0 Å². The second kappa shape index (κ2) is 3.11. The Morgan fingerprint density at radius 3 is 2.91 bits per heavy atom. The SMILES string of the molecule is CC1COCCN1CC1CC1. The minimum Gasteiger partial charge on any atom is -0.379 e. The van der Waals surface area contributed by atoms with Gasteiger partial charge in [-0.3, -0.25) is 4.90 Å². The van der Waals surface area contributed by atoms with Crippen LogP contribution in [-0.4, -0.2) is 37.2 Å². The highest BCUT2D eigenvalue weighted by atomic mass is 16.5. The summed E-state index contributed by atoms with van der Waals surface area (Å²) in [5.41, 5.74) is 0. The number of rotatable bonds is 2. The van der Waals surface area contributed by atoms with E-state index in [0.29, 0.717) is 6.04 Å². The zero-order valence-electron chi connectivity index (χ0n) is 7.25. The van der Waals surface area contributed by atoms with Gasteiger partial charge in [-0.25, -0.2) is 0 Å². The van der Waals surface area contributed by atoms with E-state index in [1.165, 1.54) is 19.4 Å². The molecule has 0 aromatic carbocycles. The molecule has 1 atom stereocenters. The van der Waals surface area contributed by atoms with Crippen LogP contribution in [0, 0.1) is 5.92 Å². The fraction of sp³-hybridized carbons (Fsp3) is 1.00. The molecule has 0 radical (unpaired) electrons. The van der Waals surface area contributed by atoms with Gasteiger partial charge in [0.1, 0.15) is 0 Å². The molecule has 2 heteroatoms. The fourth-order valence-electron chi connectivity index (χ4n) is 1.66. The van der Waals surface area contributed by atoms with Gasteiger partial charge in [0.05, 0.1) is 13.2 Å². The molecule has 1 aliphatic heterocycles. The predicted octanol–water partition coefficient (Wildman–Crippen LogP) is 1.12. The number of hydrogen-bond acceptors (Lipinski definition) is 2. The van der Waals surface area contributed by atoms with Crippen LogP contribution in [-0.2, 0) is 4.74 Å². The highest BCUT2D eigenvalue weighted by Gasteiger charge is 2.27. The van der Waals surface area contributed by atoms with E-state index in [9.17, 15) is 0 Å². The molecule has 2 aliphatic rings. The van der Waals surface area contributed by atoms with Crippen LogP contribution in [0.1, 0.15) is 19.8 Å². The van der Waals surface area contributed by atoms with Crippen molar-refractivity contribution >= 4 is 0 Å². The first kappa shape index (κ1) is 7.56. The van der Waals surface area contributed by atoms with E-state index in [-0.39, 0.29) is 0 Å². The van der Waals surface area contributed by atoms with E-state index in [4.69, 9.17) is 4.74 Å². The average molecular weight is 155 g/mol. The zero-order chi connectivity index (χ0) is 7.68. The van der Waals surface area contributed by atoms with E-state index < -0.39 is 0 Å². The molecule has 0 aromatic heterocycles. The Kier molecular flexibility index (Phi) is 2.14. The monoisotopic (exact) mass is 155 g/mol. The lowest BCUT2D eigenvalue weighted by Crippen LogP contribution is -2.44. The van der Waals surface area contributed by atoms with E-state index >= 15 is 0 Å². The summed E-state index contributed by atoms with van der Waals surface area (Å²) in [6.07, 6.45) is 2.92. The van der Waals surface area contributed by atoms with Gasteiger partial charge in [0.25, 0.3) is 0 Å². The highest BCUT2D eigenvalue weighted by Crippen LogP contribution is 2.30. The normalized spacial score (nSPS) is 34.1. The molecule has 0 N–H and O–H groups in total. The van der Waals surface area contributed by atoms with Crippen molar-refractivity contribution in [3.8, 4) is 0 Å². The Labute approximate surface area is 68.5 Å². The van der Waals surface area contributed by atoms with Crippen LogP contribution in [0.5, 0.6) is 0 Å². The first-order valence-electron chi connectivity index (χ1n) is 4.68. The molecule has 2 rings (SSSR count). The van der Waals surface area contributed by atoms with E-state index in [2.05, 4.69) is 11.8 Å². The number of ether oxygens (including phenoxy) is 1. The van der Waals surface area contributed by atoms with Gasteiger partial charge in [-0.1, -0.05) is 0 Å². The zero-order valence-corrected chi connectivity index (χ0v) is 7.25. The highest BCUT2D eigenvalue weighted by molar-refractivity contribution is 4.80. The summed E-state index contributed by atoms with van der Waals surface area (Å²) < 4.78 is 5.37. The molecule has 0 amide bonds. The van der Waals surface area contributed by atoms with Crippen molar-refractivity contribution in [1.82, 2.24) is 4.90 Å². The standard InChI is InChI=1S/C9H17NO/c1-8-7-11-5-4-10(8)6-9-2-3-9/h8-9H,2-7H2,1H3. The molecule has 1 saturated carbocycles. The Bertz CT molecular complexity index is 134. The van der Waals surface area contributed by atoms with Gasteiger partial charge in [0.2, 0.25) is 0 Å². The van der Waals surface area contributed by atoms with Gasteiger partial charge in [0.15, 0.2) is 0 Å². The maximum Gasteiger partial charge on any atom is 0.0619 e. The fourth-order valence-corrected chi connectivity index (χ4v) is 1.66. The maximum atomic E-state index is 5.37. The van der Waals surface area contributed by atoms with Crippen molar-refractivity contribution < 1.29 is 4.74 Å². The molecule has 0 spiro atoms. The maximum absolute atomic E-state index is 5.37. The van der Waals surface area contributed by atoms with Gasteiger partial charge in [-0.15, -0.1) is 0 Å². The van der Waals surface area contributed by atoms with Gasteiger partial charge >= 0.3 is 0 Å². The third-order valence-electron chi connectivity index (χ3n) is 2.69. The molecular weight excluding hydrogens is 138 g/mol. The second-order valence-electron chi connectivity index (χ2n) is 3.86. The summed E-state index contributed by atoms with van der Waals surface area (Å²) in [7, 11) is 0. The first-order chi connectivity index (χ1) is 5.36. The molecule has 1 unspecified atom stereocenters. The van der Waals surface area contributed by atoms with Gasteiger partial charge in [-0.05, 0) is 25.7 Å². The van der Waals surface area contributed by atoms with Gasteiger partial charge in [-0.2, -0.15) is 0 Å². The quantitative estimate of drug-likeness (QED) is 0.592. The Hall–Kier alpha value is -0.0800. The molecule has 0 aromatic rings. The van der Waals surface area contributed by atoms with E-state index in [1.807, 2.05) is 0 Å². The molecule has 1 saturated heterocycles. The van der Waals surface area contributed by atoms with Crippen molar-refractivity contribution in [3.63, 3.8) is 0 Å².